The standard InChI is InChI=1S/C18H18N4O/c1-21-9-14-15(20-21)7-6-13(18(14)23)17-12-5-3-2-4-11(12)16-8-19-10-22(16)17/h2-5,8-10,13,17-18,23H,6-7H2,1H3/t13-,17?,18+/m0/s1. The van der Waals surface area contributed by atoms with Gasteiger partial charge in [-0.05, 0) is 18.4 Å². The van der Waals surface area contributed by atoms with Crippen LogP contribution in [0.4, 0.5) is 0 Å². The Balaban J connectivity index is 1.63. The van der Waals surface area contributed by atoms with Gasteiger partial charge in [-0.2, -0.15) is 5.10 Å². The smallest absolute Gasteiger partial charge is 0.0956 e. The zero-order valence-electron chi connectivity index (χ0n) is 12.9. The van der Waals surface area contributed by atoms with Gasteiger partial charge in [0, 0.05) is 30.3 Å². The van der Waals surface area contributed by atoms with E-state index >= 15 is 0 Å². The second-order valence-electron chi connectivity index (χ2n) is 6.57. The Labute approximate surface area is 134 Å². The average Bonchev–Trinajstić information content (AvgIpc) is 3.22. The lowest BCUT2D eigenvalue weighted by molar-refractivity contribution is 0.0718. The van der Waals surface area contributed by atoms with Gasteiger partial charge in [-0.25, -0.2) is 4.98 Å². The number of hydrogen-bond donors (Lipinski definition) is 1. The van der Waals surface area contributed by atoms with E-state index in [4.69, 9.17) is 0 Å². The topological polar surface area (TPSA) is 55.9 Å². The van der Waals surface area contributed by atoms with Crippen LogP contribution in [0, 0.1) is 5.92 Å². The van der Waals surface area contributed by atoms with Gasteiger partial charge in [0.1, 0.15) is 0 Å². The van der Waals surface area contributed by atoms with Gasteiger partial charge in [0.25, 0.3) is 0 Å². The zero-order chi connectivity index (χ0) is 15.6. The lowest BCUT2D eigenvalue weighted by atomic mass is 9.78. The SMILES string of the molecule is Cn1cc2c(n1)CC[C@@H](C1c3ccccc3-c3cncn31)[C@H]2O. The van der Waals surface area contributed by atoms with Crippen LogP contribution in [0.5, 0.6) is 0 Å². The third kappa shape index (κ3) is 1.71. The number of aliphatic hydroxyl groups is 1. The molecule has 3 atom stereocenters. The second kappa shape index (κ2) is 4.55. The molecule has 0 radical (unpaired) electrons. The summed E-state index contributed by atoms with van der Waals surface area (Å²) < 4.78 is 4.03. The fourth-order valence-electron chi connectivity index (χ4n) is 4.33. The Morgan fingerprint density at radius 3 is 3.00 bits per heavy atom. The van der Waals surface area contributed by atoms with Crippen molar-refractivity contribution >= 4 is 0 Å². The minimum absolute atomic E-state index is 0.142. The van der Waals surface area contributed by atoms with Gasteiger partial charge in [0.15, 0.2) is 0 Å². The van der Waals surface area contributed by atoms with Crippen LogP contribution in [0.3, 0.4) is 0 Å². The van der Waals surface area contributed by atoms with Gasteiger partial charge < -0.3 is 9.67 Å². The molecule has 2 aliphatic rings. The third-order valence-electron chi connectivity index (χ3n) is 5.30. The van der Waals surface area contributed by atoms with E-state index in [-0.39, 0.29) is 12.0 Å². The molecule has 23 heavy (non-hydrogen) atoms. The molecule has 0 saturated carbocycles. The van der Waals surface area contributed by atoms with E-state index in [0.717, 1.165) is 29.8 Å². The number of rotatable bonds is 1. The van der Waals surface area contributed by atoms with Crippen molar-refractivity contribution in [1.82, 2.24) is 19.3 Å². The van der Waals surface area contributed by atoms with E-state index < -0.39 is 6.10 Å². The molecule has 1 aromatic carbocycles. The fourth-order valence-corrected chi connectivity index (χ4v) is 4.33. The van der Waals surface area contributed by atoms with Gasteiger partial charge in [-0.15, -0.1) is 0 Å². The summed E-state index contributed by atoms with van der Waals surface area (Å²) in [5, 5.41) is 15.5. The fraction of sp³-hybridized carbons (Fsp3) is 0.333. The molecular weight excluding hydrogens is 288 g/mol. The first kappa shape index (κ1) is 13.1. The van der Waals surface area contributed by atoms with Crippen molar-refractivity contribution in [2.75, 3.05) is 0 Å². The molecule has 2 aromatic heterocycles. The maximum Gasteiger partial charge on any atom is 0.0956 e. The Morgan fingerprint density at radius 2 is 2.09 bits per heavy atom. The quantitative estimate of drug-likeness (QED) is 0.751. The summed E-state index contributed by atoms with van der Waals surface area (Å²) in [6, 6.07) is 8.62. The summed E-state index contributed by atoms with van der Waals surface area (Å²) in [4.78, 5) is 4.33. The molecule has 5 rings (SSSR count). The highest BCUT2D eigenvalue weighted by molar-refractivity contribution is 5.69. The van der Waals surface area contributed by atoms with E-state index in [1.165, 1.54) is 11.1 Å². The van der Waals surface area contributed by atoms with Gasteiger partial charge in [-0.1, -0.05) is 24.3 Å². The van der Waals surface area contributed by atoms with Gasteiger partial charge in [-0.3, -0.25) is 4.68 Å². The first-order chi connectivity index (χ1) is 11.2. The molecule has 0 spiro atoms. The molecule has 3 heterocycles. The predicted octanol–water partition coefficient (Wildman–Crippen LogP) is 2.48. The van der Waals surface area contributed by atoms with Gasteiger partial charge >= 0.3 is 0 Å². The molecule has 5 heteroatoms. The lowest BCUT2D eigenvalue weighted by Crippen LogP contribution is -2.28. The molecule has 1 N–H and O–H groups in total. The molecule has 0 saturated heterocycles. The molecule has 116 valence electrons. The normalized spacial score (nSPS) is 25.0. The molecule has 0 amide bonds. The van der Waals surface area contributed by atoms with Crippen LogP contribution < -0.4 is 0 Å². The highest BCUT2D eigenvalue weighted by Gasteiger charge is 2.41. The van der Waals surface area contributed by atoms with E-state index in [9.17, 15) is 5.11 Å². The average molecular weight is 306 g/mol. The summed E-state index contributed by atoms with van der Waals surface area (Å²) in [5.41, 5.74) is 5.69. The van der Waals surface area contributed by atoms with Crippen LogP contribution in [-0.2, 0) is 13.5 Å². The Bertz CT molecular complexity index is 894. The Morgan fingerprint density at radius 1 is 1.22 bits per heavy atom. The third-order valence-corrected chi connectivity index (χ3v) is 5.30. The first-order valence-corrected chi connectivity index (χ1v) is 8.05. The van der Waals surface area contributed by atoms with Gasteiger partial charge in [0.05, 0.1) is 36.1 Å². The molecule has 0 fully saturated rings. The highest BCUT2D eigenvalue weighted by Crippen LogP contribution is 2.49. The van der Waals surface area contributed by atoms with E-state index in [0.29, 0.717) is 0 Å². The van der Waals surface area contributed by atoms with E-state index in [2.05, 4.69) is 38.9 Å². The number of benzene rings is 1. The van der Waals surface area contributed by atoms with Crippen molar-refractivity contribution in [3.8, 4) is 11.3 Å². The van der Waals surface area contributed by atoms with Crippen molar-refractivity contribution in [2.24, 2.45) is 13.0 Å². The number of hydrogen-bond acceptors (Lipinski definition) is 3. The van der Waals surface area contributed by atoms with Crippen LogP contribution in [-0.4, -0.2) is 24.4 Å². The number of fused-ring (bicyclic) bond motifs is 4. The maximum atomic E-state index is 11.0. The Kier molecular flexibility index (Phi) is 2.59. The highest BCUT2D eigenvalue weighted by atomic mass is 16.3. The number of aliphatic hydroxyl groups excluding tert-OH is 1. The van der Waals surface area contributed by atoms with Gasteiger partial charge in [0.2, 0.25) is 0 Å². The maximum absolute atomic E-state index is 11.0. The summed E-state index contributed by atoms with van der Waals surface area (Å²) in [6.07, 6.45) is 7.14. The summed E-state index contributed by atoms with van der Waals surface area (Å²) in [6.45, 7) is 0. The summed E-state index contributed by atoms with van der Waals surface area (Å²) >= 11 is 0. The molecule has 0 bridgehead atoms. The molecule has 5 nitrogen and oxygen atoms in total. The summed E-state index contributed by atoms with van der Waals surface area (Å²) in [5.74, 6) is 0.142. The second-order valence-corrected chi connectivity index (χ2v) is 6.57. The molecule has 1 aliphatic heterocycles. The largest absolute Gasteiger partial charge is 0.388 e. The minimum Gasteiger partial charge on any atom is -0.388 e. The monoisotopic (exact) mass is 306 g/mol. The minimum atomic E-state index is -0.487. The van der Waals surface area contributed by atoms with Crippen molar-refractivity contribution < 1.29 is 5.11 Å². The van der Waals surface area contributed by atoms with Crippen molar-refractivity contribution in [1.29, 1.82) is 0 Å². The molecule has 3 aromatic rings. The number of nitrogens with zero attached hydrogens (tertiary/aromatic N) is 4. The van der Waals surface area contributed by atoms with Crippen LogP contribution in [0.15, 0.2) is 43.0 Å². The van der Waals surface area contributed by atoms with E-state index in [1.54, 1.807) is 0 Å². The molecule has 1 unspecified atom stereocenters. The van der Waals surface area contributed by atoms with Crippen LogP contribution >= 0.6 is 0 Å². The van der Waals surface area contributed by atoms with Crippen LogP contribution in [0.2, 0.25) is 0 Å². The number of aromatic nitrogens is 4. The molecule has 1 aliphatic carbocycles. The first-order valence-electron chi connectivity index (χ1n) is 8.05. The summed E-state index contributed by atoms with van der Waals surface area (Å²) in [7, 11) is 1.92. The zero-order valence-corrected chi connectivity index (χ0v) is 12.9. The van der Waals surface area contributed by atoms with E-state index in [1.807, 2.05) is 30.5 Å². The predicted molar refractivity (Wildman–Crippen MR) is 85.8 cm³/mol. The van der Waals surface area contributed by atoms with Crippen molar-refractivity contribution in [3.05, 3.63) is 59.8 Å². The van der Waals surface area contributed by atoms with Crippen LogP contribution in [0.25, 0.3) is 11.3 Å². The van der Waals surface area contributed by atoms with Crippen molar-refractivity contribution in [3.63, 3.8) is 0 Å². The Hall–Kier alpha value is -2.40. The van der Waals surface area contributed by atoms with Crippen molar-refractivity contribution in [2.45, 2.75) is 25.0 Å². The lowest BCUT2D eigenvalue weighted by Gasteiger charge is -2.33. The molecular formula is C18H18N4O. The number of imidazole rings is 1. The van der Waals surface area contributed by atoms with Crippen LogP contribution in [0.1, 0.15) is 35.4 Å². The number of aryl methyl sites for hydroxylation is 2.